The lowest BCUT2D eigenvalue weighted by atomic mass is 10.1. The summed E-state index contributed by atoms with van der Waals surface area (Å²) in [6, 6.07) is 8.12. The standard InChI is InChI=1S/C15H18N2O3S/c1-10-6-4-5-7-12(10)8-13-16-14(20-17-13)9-21-11(2)15(18)19-3/h4-7,11H,8-9H2,1-3H3/t11-/m0/s1. The second kappa shape index (κ2) is 7.26. The first kappa shape index (κ1) is 15.6. The van der Waals surface area contributed by atoms with Gasteiger partial charge in [0.15, 0.2) is 5.82 Å². The Kier molecular flexibility index (Phi) is 5.38. The van der Waals surface area contributed by atoms with Gasteiger partial charge in [0, 0.05) is 6.42 Å². The molecule has 5 nitrogen and oxygen atoms in total. The Balaban J connectivity index is 1.93. The SMILES string of the molecule is COC(=O)[C@H](C)SCc1nc(Cc2ccccc2C)no1. The molecule has 1 aromatic heterocycles. The number of methoxy groups -OCH3 is 1. The van der Waals surface area contributed by atoms with Crippen LogP contribution in [0.5, 0.6) is 0 Å². The fourth-order valence-electron chi connectivity index (χ4n) is 1.83. The molecule has 0 saturated heterocycles. The molecule has 2 aromatic rings. The highest BCUT2D eigenvalue weighted by atomic mass is 32.2. The molecule has 0 aliphatic heterocycles. The van der Waals surface area contributed by atoms with Crippen molar-refractivity contribution in [2.24, 2.45) is 0 Å². The number of rotatable bonds is 6. The van der Waals surface area contributed by atoms with Gasteiger partial charge in [-0.1, -0.05) is 29.4 Å². The number of hydrogen-bond acceptors (Lipinski definition) is 6. The topological polar surface area (TPSA) is 65.2 Å². The van der Waals surface area contributed by atoms with Gasteiger partial charge in [0.2, 0.25) is 5.89 Å². The zero-order chi connectivity index (χ0) is 15.2. The van der Waals surface area contributed by atoms with E-state index in [2.05, 4.69) is 33.9 Å². The van der Waals surface area contributed by atoms with Crippen LogP contribution in [0.25, 0.3) is 0 Å². The van der Waals surface area contributed by atoms with Crippen molar-refractivity contribution in [1.82, 2.24) is 10.1 Å². The van der Waals surface area contributed by atoms with Crippen molar-refractivity contribution in [3.05, 3.63) is 47.1 Å². The van der Waals surface area contributed by atoms with Crippen molar-refractivity contribution in [1.29, 1.82) is 0 Å². The zero-order valence-corrected chi connectivity index (χ0v) is 13.1. The second-order valence-corrected chi connectivity index (χ2v) is 6.01. The van der Waals surface area contributed by atoms with Crippen molar-refractivity contribution >= 4 is 17.7 Å². The molecule has 1 heterocycles. The number of carbonyl (C=O) groups is 1. The molecule has 112 valence electrons. The fourth-order valence-corrected chi connectivity index (χ4v) is 2.57. The van der Waals surface area contributed by atoms with E-state index in [9.17, 15) is 4.79 Å². The first-order valence-electron chi connectivity index (χ1n) is 6.65. The number of hydrogen-bond donors (Lipinski definition) is 0. The third-order valence-electron chi connectivity index (χ3n) is 3.11. The van der Waals surface area contributed by atoms with Gasteiger partial charge in [0.25, 0.3) is 0 Å². The Bertz CT molecular complexity index is 612. The van der Waals surface area contributed by atoms with Crippen molar-refractivity contribution in [3.8, 4) is 0 Å². The Morgan fingerprint density at radius 1 is 1.43 bits per heavy atom. The van der Waals surface area contributed by atoms with Crippen molar-refractivity contribution < 1.29 is 14.1 Å². The van der Waals surface area contributed by atoms with Gasteiger partial charge < -0.3 is 9.26 Å². The van der Waals surface area contributed by atoms with Gasteiger partial charge in [-0.15, -0.1) is 11.8 Å². The van der Waals surface area contributed by atoms with Gasteiger partial charge >= 0.3 is 5.97 Å². The number of ether oxygens (including phenoxy) is 1. The Labute approximate surface area is 128 Å². The summed E-state index contributed by atoms with van der Waals surface area (Å²) in [5.74, 6) is 1.43. The van der Waals surface area contributed by atoms with Gasteiger partial charge in [0.1, 0.15) is 5.25 Å². The summed E-state index contributed by atoms with van der Waals surface area (Å²) in [6.45, 7) is 3.85. The van der Waals surface area contributed by atoms with Crippen LogP contribution >= 0.6 is 11.8 Å². The van der Waals surface area contributed by atoms with Crippen LogP contribution in [0.4, 0.5) is 0 Å². The van der Waals surface area contributed by atoms with E-state index in [1.807, 2.05) is 12.1 Å². The molecule has 0 aliphatic carbocycles. The van der Waals surface area contributed by atoms with Crippen LogP contribution in [-0.4, -0.2) is 28.5 Å². The molecule has 1 aromatic carbocycles. The average molecular weight is 306 g/mol. The van der Waals surface area contributed by atoms with Gasteiger partial charge in [-0.3, -0.25) is 4.79 Å². The molecule has 0 amide bonds. The smallest absolute Gasteiger partial charge is 0.318 e. The Morgan fingerprint density at radius 3 is 2.90 bits per heavy atom. The summed E-state index contributed by atoms with van der Waals surface area (Å²) < 4.78 is 9.88. The molecule has 1 atom stereocenters. The summed E-state index contributed by atoms with van der Waals surface area (Å²) >= 11 is 1.41. The largest absolute Gasteiger partial charge is 0.468 e. The van der Waals surface area contributed by atoms with Crippen LogP contribution in [0.15, 0.2) is 28.8 Å². The van der Waals surface area contributed by atoms with E-state index in [4.69, 9.17) is 4.52 Å². The summed E-state index contributed by atoms with van der Waals surface area (Å²) in [4.78, 5) is 15.7. The maximum atomic E-state index is 11.3. The average Bonchev–Trinajstić information content (AvgIpc) is 2.94. The summed E-state index contributed by atoms with van der Waals surface area (Å²) in [6.07, 6.45) is 0.646. The molecule has 0 saturated carbocycles. The van der Waals surface area contributed by atoms with Crippen molar-refractivity contribution in [2.45, 2.75) is 31.3 Å². The number of benzene rings is 1. The van der Waals surface area contributed by atoms with Gasteiger partial charge in [-0.25, -0.2) is 0 Å². The minimum absolute atomic E-state index is 0.248. The van der Waals surface area contributed by atoms with Gasteiger partial charge in [-0.05, 0) is 25.0 Å². The molecule has 6 heteroatoms. The first-order valence-corrected chi connectivity index (χ1v) is 7.70. The molecule has 0 unspecified atom stereocenters. The molecule has 0 aliphatic rings. The number of thioether (sulfide) groups is 1. The highest BCUT2D eigenvalue weighted by Gasteiger charge is 2.16. The van der Waals surface area contributed by atoms with E-state index in [-0.39, 0.29) is 11.2 Å². The van der Waals surface area contributed by atoms with Gasteiger partial charge in [0.05, 0.1) is 12.9 Å². The summed E-state index contributed by atoms with van der Waals surface area (Å²) in [7, 11) is 1.38. The van der Waals surface area contributed by atoms with Crippen LogP contribution in [0.3, 0.4) is 0 Å². The van der Waals surface area contributed by atoms with Crippen LogP contribution in [0.1, 0.15) is 29.8 Å². The van der Waals surface area contributed by atoms with E-state index in [0.29, 0.717) is 23.9 Å². The quantitative estimate of drug-likeness (QED) is 0.765. The van der Waals surface area contributed by atoms with Crippen LogP contribution in [0, 0.1) is 6.92 Å². The minimum Gasteiger partial charge on any atom is -0.468 e. The normalized spacial score (nSPS) is 12.1. The number of esters is 1. The van der Waals surface area contributed by atoms with Gasteiger partial charge in [-0.2, -0.15) is 4.98 Å². The van der Waals surface area contributed by atoms with E-state index in [1.165, 1.54) is 30.0 Å². The second-order valence-electron chi connectivity index (χ2n) is 4.68. The molecule has 0 fully saturated rings. The van der Waals surface area contributed by atoms with Crippen LogP contribution < -0.4 is 0 Å². The molecule has 0 bridgehead atoms. The summed E-state index contributed by atoms with van der Waals surface area (Å²) in [5, 5.41) is 3.73. The lowest BCUT2D eigenvalue weighted by Crippen LogP contribution is -2.14. The molecule has 0 spiro atoms. The minimum atomic E-state index is -0.250. The third-order valence-corrected chi connectivity index (χ3v) is 4.22. The highest BCUT2D eigenvalue weighted by molar-refractivity contribution is 7.99. The zero-order valence-electron chi connectivity index (χ0n) is 12.3. The number of aryl methyl sites for hydroxylation is 1. The predicted octanol–water partition coefficient (Wildman–Crippen LogP) is 2.76. The highest BCUT2D eigenvalue weighted by Crippen LogP contribution is 2.18. The maximum Gasteiger partial charge on any atom is 0.318 e. The molecular formula is C15H18N2O3S. The molecule has 0 N–H and O–H groups in total. The maximum absolute atomic E-state index is 11.3. The number of nitrogens with zero attached hydrogens (tertiary/aromatic N) is 2. The molecular weight excluding hydrogens is 288 g/mol. The van der Waals surface area contributed by atoms with Crippen LogP contribution in [0.2, 0.25) is 0 Å². The molecule has 21 heavy (non-hydrogen) atoms. The third kappa shape index (κ3) is 4.32. The van der Waals surface area contributed by atoms with E-state index >= 15 is 0 Å². The van der Waals surface area contributed by atoms with Crippen molar-refractivity contribution in [2.75, 3.05) is 7.11 Å². The fraction of sp³-hybridized carbons (Fsp3) is 0.400. The predicted molar refractivity (Wildman–Crippen MR) is 81.1 cm³/mol. The molecule has 2 rings (SSSR count). The van der Waals surface area contributed by atoms with E-state index < -0.39 is 0 Å². The first-order chi connectivity index (χ1) is 10.1. The Hall–Kier alpha value is -1.82. The number of carbonyl (C=O) groups excluding carboxylic acids is 1. The monoisotopic (exact) mass is 306 g/mol. The molecule has 0 radical (unpaired) electrons. The summed E-state index contributed by atoms with van der Waals surface area (Å²) in [5.41, 5.74) is 2.39. The van der Waals surface area contributed by atoms with E-state index in [0.717, 1.165) is 0 Å². The lowest BCUT2D eigenvalue weighted by molar-refractivity contribution is -0.139. The van der Waals surface area contributed by atoms with E-state index in [1.54, 1.807) is 6.92 Å². The Morgan fingerprint density at radius 2 is 2.19 bits per heavy atom. The van der Waals surface area contributed by atoms with Crippen molar-refractivity contribution in [3.63, 3.8) is 0 Å². The number of aromatic nitrogens is 2. The van der Waals surface area contributed by atoms with Crippen LogP contribution in [-0.2, 0) is 21.7 Å². The lowest BCUT2D eigenvalue weighted by Gasteiger charge is -2.05.